The third kappa shape index (κ3) is 3.99. The van der Waals surface area contributed by atoms with Crippen molar-refractivity contribution < 1.29 is 32.4 Å². The van der Waals surface area contributed by atoms with E-state index in [0.29, 0.717) is 6.07 Å². The number of nitrogens with zero attached hydrogens (tertiary/aromatic N) is 2. The molecular weight excluding hydrogens is 348 g/mol. The van der Waals surface area contributed by atoms with E-state index in [-0.39, 0.29) is 31.4 Å². The van der Waals surface area contributed by atoms with Crippen molar-refractivity contribution in [3.63, 3.8) is 0 Å². The van der Waals surface area contributed by atoms with E-state index in [4.69, 9.17) is 5.11 Å². The lowest BCUT2D eigenvalue weighted by molar-refractivity contribution is -0.384. The Kier molecular flexibility index (Phi) is 5.19. The van der Waals surface area contributed by atoms with Crippen molar-refractivity contribution in [3.05, 3.63) is 33.6 Å². The van der Waals surface area contributed by atoms with E-state index >= 15 is 0 Å². The predicted molar refractivity (Wildman–Crippen MR) is 80.2 cm³/mol. The molecule has 1 aromatic rings. The zero-order chi connectivity index (χ0) is 18.9. The van der Waals surface area contributed by atoms with Crippen LogP contribution in [0.15, 0.2) is 12.1 Å². The number of nitro benzene ring substituents is 1. The molecule has 0 aliphatic heterocycles. The van der Waals surface area contributed by atoms with Gasteiger partial charge < -0.3 is 10.0 Å². The molecule has 0 bridgehead atoms. The first kappa shape index (κ1) is 18.9. The highest BCUT2D eigenvalue weighted by Crippen LogP contribution is 2.40. The van der Waals surface area contributed by atoms with Gasteiger partial charge in [0.1, 0.15) is 17.1 Å². The molecule has 0 aromatic heterocycles. The molecule has 0 amide bonds. The number of alkyl halides is 3. The Labute approximate surface area is 140 Å². The molecule has 138 valence electrons. The molecule has 25 heavy (non-hydrogen) atoms. The lowest BCUT2D eigenvalue weighted by atomic mass is 9.85. The van der Waals surface area contributed by atoms with Crippen molar-refractivity contribution in [1.29, 1.82) is 0 Å². The zero-order valence-corrected chi connectivity index (χ0v) is 13.2. The van der Waals surface area contributed by atoms with Gasteiger partial charge in [-0.25, -0.2) is 9.18 Å². The van der Waals surface area contributed by atoms with Crippen molar-refractivity contribution in [3.8, 4) is 0 Å². The maximum Gasteiger partial charge on any atom is 0.391 e. The number of nitro groups is 1. The SMILES string of the molecule is CN(c1cc(F)c(C(=O)O)cc1[N+](=O)[O-])C1CCC(C(F)(F)F)CC1. The quantitative estimate of drug-likeness (QED) is 0.496. The summed E-state index contributed by atoms with van der Waals surface area (Å²) in [5, 5.41) is 20.1. The van der Waals surface area contributed by atoms with Gasteiger partial charge in [0.25, 0.3) is 5.69 Å². The van der Waals surface area contributed by atoms with Crippen LogP contribution in [0.2, 0.25) is 0 Å². The number of benzene rings is 1. The highest BCUT2D eigenvalue weighted by molar-refractivity contribution is 5.90. The zero-order valence-electron chi connectivity index (χ0n) is 13.2. The van der Waals surface area contributed by atoms with Gasteiger partial charge >= 0.3 is 12.1 Å². The topological polar surface area (TPSA) is 83.7 Å². The average Bonchev–Trinajstić information content (AvgIpc) is 2.52. The summed E-state index contributed by atoms with van der Waals surface area (Å²) in [5.41, 5.74) is -1.58. The average molecular weight is 364 g/mol. The third-order valence-electron chi connectivity index (χ3n) is 4.58. The van der Waals surface area contributed by atoms with Gasteiger partial charge in [0.05, 0.1) is 10.8 Å². The largest absolute Gasteiger partial charge is 0.478 e. The number of hydrogen-bond donors (Lipinski definition) is 1. The highest BCUT2D eigenvalue weighted by atomic mass is 19.4. The van der Waals surface area contributed by atoms with Gasteiger partial charge in [-0.05, 0) is 25.7 Å². The predicted octanol–water partition coefficient (Wildman–Crippen LogP) is 3.99. The number of rotatable bonds is 4. The van der Waals surface area contributed by atoms with Crippen LogP contribution >= 0.6 is 0 Å². The molecule has 2 rings (SSSR count). The molecule has 1 fully saturated rings. The van der Waals surface area contributed by atoms with Crippen molar-refractivity contribution in [2.24, 2.45) is 5.92 Å². The van der Waals surface area contributed by atoms with E-state index in [1.807, 2.05) is 0 Å². The van der Waals surface area contributed by atoms with Gasteiger partial charge in [-0.3, -0.25) is 10.1 Å². The van der Waals surface area contributed by atoms with Gasteiger partial charge in [0.15, 0.2) is 0 Å². The van der Waals surface area contributed by atoms with Crippen LogP contribution in [0.1, 0.15) is 36.0 Å². The van der Waals surface area contributed by atoms with Crippen LogP contribution in [-0.2, 0) is 0 Å². The minimum atomic E-state index is -4.27. The van der Waals surface area contributed by atoms with E-state index in [1.54, 1.807) is 0 Å². The molecule has 1 saturated carbocycles. The van der Waals surface area contributed by atoms with Crippen LogP contribution < -0.4 is 4.90 Å². The number of carboxylic acid groups (broad SMARTS) is 1. The van der Waals surface area contributed by atoms with Gasteiger partial charge in [-0.15, -0.1) is 0 Å². The van der Waals surface area contributed by atoms with Crippen molar-refractivity contribution in [1.82, 2.24) is 0 Å². The maximum absolute atomic E-state index is 13.9. The standard InChI is InChI=1S/C15H16F4N2O4/c1-20(9-4-2-8(3-5-9)15(17,18)19)12-7-11(16)10(14(22)23)6-13(12)21(24)25/h6-9H,2-5H2,1H3,(H,22,23). The van der Waals surface area contributed by atoms with E-state index in [1.165, 1.54) is 11.9 Å². The van der Waals surface area contributed by atoms with E-state index in [2.05, 4.69) is 0 Å². The number of halogens is 4. The summed E-state index contributed by atoms with van der Waals surface area (Å²) in [4.78, 5) is 22.6. The fourth-order valence-corrected chi connectivity index (χ4v) is 3.13. The molecule has 0 radical (unpaired) electrons. The van der Waals surface area contributed by atoms with Gasteiger partial charge in [0, 0.05) is 25.2 Å². The van der Waals surface area contributed by atoms with Crippen molar-refractivity contribution >= 4 is 17.3 Å². The molecule has 0 unspecified atom stereocenters. The smallest absolute Gasteiger partial charge is 0.391 e. The summed E-state index contributed by atoms with van der Waals surface area (Å²) in [5.74, 6) is -4.18. The lowest BCUT2D eigenvalue weighted by Gasteiger charge is -2.36. The first-order chi connectivity index (χ1) is 11.5. The molecule has 0 heterocycles. The second-order valence-corrected chi connectivity index (χ2v) is 6.04. The van der Waals surface area contributed by atoms with E-state index in [0.717, 1.165) is 6.07 Å². The summed E-state index contributed by atoms with van der Waals surface area (Å²) in [6.45, 7) is 0. The Balaban J connectivity index is 2.28. The Hall–Kier alpha value is -2.39. The second kappa shape index (κ2) is 6.85. The summed E-state index contributed by atoms with van der Waals surface area (Å²) in [7, 11) is 1.43. The number of aromatic carboxylic acids is 1. The Morgan fingerprint density at radius 3 is 2.28 bits per heavy atom. The summed E-state index contributed by atoms with van der Waals surface area (Å²) < 4.78 is 52.1. The van der Waals surface area contributed by atoms with Crippen LogP contribution in [0, 0.1) is 21.8 Å². The summed E-state index contributed by atoms with van der Waals surface area (Å²) in [6, 6.07) is 0.954. The first-order valence-corrected chi connectivity index (χ1v) is 7.53. The molecule has 1 aromatic carbocycles. The van der Waals surface area contributed by atoms with Gasteiger partial charge in [-0.2, -0.15) is 13.2 Å². The molecule has 0 spiro atoms. The van der Waals surface area contributed by atoms with E-state index in [9.17, 15) is 32.5 Å². The fraction of sp³-hybridized carbons (Fsp3) is 0.533. The Morgan fingerprint density at radius 2 is 1.84 bits per heavy atom. The molecule has 1 N–H and O–H groups in total. The second-order valence-electron chi connectivity index (χ2n) is 6.04. The fourth-order valence-electron chi connectivity index (χ4n) is 3.13. The molecule has 1 aliphatic carbocycles. The Bertz CT molecular complexity index is 685. The van der Waals surface area contributed by atoms with Crippen molar-refractivity contribution in [2.45, 2.75) is 37.9 Å². The van der Waals surface area contributed by atoms with Crippen molar-refractivity contribution in [2.75, 3.05) is 11.9 Å². The number of carboxylic acids is 1. The molecule has 0 saturated heterocycles. The molecule has 1 aliphatic rings. The van der Waals surface area contributed by atoms with Gasteiger partial charge in [-0.1, -0.05) is 0 Å². The highest BCUT2D eigenvalue weighted by Gasteiger charge is 2.42. The number of carbonyl (C=O) groups is 1. The minimum absolute atomic E-state index is 0.109. The minimum Gasteiger partial charge on any atom is -0.478 e. The van der Waals surface area contributed by atoms with Crippen LogP contribution in [0.3, 0.4) is 0 Å². The molecule has 0 atom stereocenters. The molecular formula is C15H16F4N2O4. The number of hydrogen-bond acceptors (Lipinski definition) is 4. The molecule has 6 nitrogen and oxygen atoms in total. The van der Waals surface area contributed by atoms with Crippen LogP contribution in [0.4, 0.5) is 28.9 Å². The van der Waals surface area contributed by atoms with Crippen LogP contribution in [0.5, 0.6) is 0 Å². The maximum atomic E-state index is 13.9. The number of anilines is 1. The monoisotopic (exact) mass is 364 g/mol. The summed E-state index contributed by atoms with van der Waals surface area (Å²) in [6.07, 6.45) is -4.19. The van der Waals surface area contributed by atoms with E-state index < -0.39 is 46.1 Å². The molecule has 10 heteroatoms. The summed E-state index contributed by atoms with van der Waals surface area (Å²) >= 11 is 0. The van der Waals surface area contributed by atoms with Crippen LogP contribution in [0.25, 0.3) is 0 Å². The van der Waals surface area contributed by atoms with Crippen LogP contribution in [-0.4, -0.2) is 35.3 Å². The normalized spacial score (nSPS) is 21.0. The Morgan fingerprint density at radius 1 is 1.28 bits per heavy atom. The third-order valence-corrected chi connectivity index (χ3v) is 4.58. The first-order valence-electron chi connectivity index (χ1n) is 7.53. The van der Waals surface area contributed by atoms with Gasteiger partial charge in [0.2, 0.25) is 0 Å². The lowest BCUT2D eigenvalue weighted by Crippen LogP contribution is -2.38.